The van der Waals surface area contributed by atoms with E-state index in [1.54, 1.807) is 42.9 Å². The van der Waals surface area contributed by atoms with Crippen molar-refractivity contribution in [1.29, 1.82) is 0 Å². The Bertz CT molecular complexity index is 1090. The minimum absolute atomic E-state index is 0.310. The summed E-state index contributed by atoms with van der Waals surface area (Å²) >= 11 is 0. The molecule has 8 nitrogen and oxygen atoms in total. The average Bonchev–Trinajstić information content (AvgIpc) is 3.44. The van der Waals surface area contributed by atoms with E-state index in [2.05, 4.69) is 10.6 Å². The molecule has 0 saturated heterocycles. The molecule has 0 aliphatic heterocycles. The molecule has 0 fully saturated rings. The van der Waals surface area contributed by atoms with Crippen molar-refractivity contribution in [3.63, 3.8) is 0 Å². The van der Waals surface area contributed by atoms with Crippen LogP contribution in [0.3, 0.4) is 0 Å². The molecule has 0 saturated carbocycles. The molecule has 4 aromatic rings. The Morgan fingerprint density at radius 1 is 1.00 bits per heavy atom. The van der Waals surface area contributed by atoms with E-state index in [0.717, 1.165) is 0 Å². The molecule has 0 radical (unpaired) electrons. The first-order valence-corrected chi connectivity index (χ1v) is 9.26. The predicted molar refractivity (Wildman–Crippen MR) is 108 cm³/mol. The third kappa shape index (κ3) is 4.27. The number of furan rings is 2. The van der Waals surface area contributed by atoms with Gasteiger partial charge in [0.2, 0.25) is 0 Å². The van der Waals surface area contributed by atoms with Gasteiger partial charge in [0.05, 0.1) is 30.2 Å². The second-order valence-electron chi connectivity index (χ2n) is 6.16. The van der Waals surface area contributed by atoms with Crippen LogP contribution in [0.5, 0.6) is 0 Å². The number of nitrogens with one attached hydrogen (secondary N) is 2. The van der Waals surface area contributed by atoms with E-state index in [1.165, 1.54) is 0 Å². The highest BCUT2D eigenvalue weighted by molar-refractivity contribution is 5.92. The Morgan fingerprint density at radius 3 is 2.31 bits per heavy atom. The first kappa shape index (κ1) is 18.7. The molecule has 0 aliphatic carbocycles. The van der Waals surface area contributed by atoms with Crippen molar-refractivity contribution in [3.05, 3.63) is 55.0 Å². The highest BCUT2D eigenvalue weighted by Crippen LogP contribution is 2.32. The van der Waals surface area contributed by atoms with Crippen LogP contribution in [0.2, 0.25) is 0 Å². The van der Waals surface area contributed by atoms with Crippen LogP contribution in [0, 0.1) is 0 Å². The highest BCUT2D eigenvalue weighted by atomic mass is 16.5. The molecule has 0 bridgehead atoms. The Kier molecular flexibility index (Phi) is 5.53. The van der Waals surface area contributed by atoms with Gasteiger partial charge in [-0.3, -0.25) is 0 Å². The quantitative estimate of drug-likeness (QED) is 0.455. The van der Waals surface area contributed by atoms with Crippen molar-refractivity contribution in [2.75, 3.05) is 25.1 Å². The lowest BCUT2D eigenvalue weighted by Crippen LogP contribution is -2.31. The molecule has 8 heteroatoms. The summed E-state index contributed by atoms with van der Waals surface area (Å²) in [6, 6.07) is 12.3. The van der Waals surface area contributed by atoms with Gasteiger partial charge in [-0.1, -0.05) is 0 Å². The Hall–Kier alpha value is -3.65. The minimum atomic E-state index is -0.310. The zero-order chi connectivity index (χ0) is 20.1. The third-order valence-corrected chi connectivity index (χ3v) is 4.17. The van der Waals surface area contributed by atoms with Crippen LogP contribution in [0.25, 0.3) is 33.9 Å². The number of rotatable bonds is 7. The summed E-state index contributed by atoms with van der Waals surface area (Å²) in [6.45, 7) is 3.42. The number of amides is 2. The van der Waals surface area contributed by atoms with Crippen LogP contribution in [0.15, 0.2) is 63.8 Å². The van der Waals surface area contributed by atoms with Gasteiger partial charge in [-0.05, 0) is 49.4 Å². The van der Waals surface area contributed by atoms with E-state index in [0.29, 0.717) is 59.4 Å². The molecule has 148 valence electrons. The third-order valence-electron chi connectivity index (χ3n) is 4.17. The highest BCUT2D eigenvalue weighted by Gasteiger charge is 2.17. The number of carbonyl (C=O) groups is 1. The topological polar surface area (TPSA) is 102 Å². The molecule has 2 amide bonds. The lowest BCUT2D eigenvalue weighted by Gasteiger charge is -2.10. The zero-order valence-electron chi connectivity index (χ0n) is 15.8. The molecule has 0 aliphatic rings. The van der Waals surface area contributed by atoms with Crippen LogP contribution < -0.4 is 10.6 Å². The Labute approximate surface area is 166 Å². The minimum Gasteiger partial charge on any atom is -0.463 e. The Morgan fingerprint density at radius 2 is 1.69 bits per heavy atom. The van der Waals surface area contributed by atoms with Crippen LogP contribution in [-0.4, -0.2) is 35.8 Å². The summed E-state index contributed by atoms with van der Waals surface area (Å²) < 4.78 is 16.3. The molecule has 29 heavy (non-hydrogen) atoms. The Balaban J connectivity index is 1.63. The van der Waals surface area contributed by atoms with Gasteiger partial charge in [-0.2, -0.15) is 0 Å². The SMILES string of the molecule is CCOCCNC(=O)Nc1ccc2nc(-c3ccco3)c(-c3ccco3)nc2c1. The summed E-state index contributed by atoms with van der Waals surface area (Å²) in [5.74, 6) is 1.18. The van der Waals surface area contributed by atoms with Crippen molar-refractivity contribution in [2.45, 2.75) is 6.92 Å². The van der Waals surface area contributed by atoms with Gasteiger partial charge in [0.1, 0.15) is 11.4 Å². The van der Waals surface area contributed by atoms with E-state index >= 15 is 0 Å². The first-order chi connectivity index (χ1) is 14.2. The largest absolute Gasteiger partial charge is 0.463 e. The number of hydrogen-bond donors (Lipinski definition) is 2. The standard InChI is InChI=1S/C21H20N4O4/c1-2-27-12-9-22-21(26)23-14-7-8-15-16(13-14)25-20(18-6-4-11-29-18)19(24-15)17-5-3-10-28-17/h3-8,10-11,13H,2,9,12H2,1H3,(H2,22,23,26). The van der Waals surface area contributed by atoms with E-state index < -0.39 is 0 Å². The first-order valence-electron chi connectivity index (χ1n) is 9.26. The monoisotopic (exact) mass is 392 g/mol. The smallest absolute Gasteiger partial charge is 0.319 e. The van der Waals surface area contributed by atoms with Gasteiger partial charge >= 0.3 is 6.03 Å². The van der Waals surface area contributed by atoms with Gasteiger partial charge < -0.3 is 24.2 Å². The molecule has 0 spiro atoms. The predicted octanol–water partition coefficient (Wildman–Crippen LogP) is 4.31. The number of nitrogens with zero attached hydrogens (tertiary/aromatic N) is 2. The molecule has 0 atom stereocenters. The van der Waals surface area contributed by atoms with E-state index in [-0.39, 0.29) is 6.03 Å². The second-order valence-corrected chi connectivity index (χ2v) is 6.16. The lowest BCUT2D eigenvalue weighted by atomic mass is 10.1. The fourth-order valence-electron chi connectivity index (χ4n) is 2.86. The summed E-state index contributed by atoms with van der Waals surface area (Å²) in [5, 5.41) is 5.53. The van der Waals surface area contributed by atoms with E-state index in [4.69, 9.17) is 23.5 Å². The molecule has 3 aromatic heterocycles. The maximum atomic E-state index is 12.0. The molecule has 2 N–H and O–H groups in total. The van der Waals surface area contributed by atoms with Gasteiger partial charge in [0.15, 0.2) is 11.5 Å². The van der Waals surface area contributed by atoms with Crippen molar-refractivity contribution in [1.82, 2.24) is 15.3 Å². The summed E-state index contributed by atoms with van der Waals surface area (Å²) in [7, 11) is 0. The maximum absolute atomic E-state index is 12.0. The number of aromatic nitrogens is 2. The van der Waals surface area contributed by atoms with Crippen LogP contribution in [0.4, 0.5) is 10.5 Å². The van der Waals surface area contributed by atoms with Crippen molar-refractivity contribution >= 4 is 22.8 Å². The van der Waals surface area contributed by atoms with Crippen LogP contribution in [0.1, 0.15) is 6.92 Å². The van der Waals surface area contributed by atoms with E-state index in [9.17, 15) is 4.79 Å². The number of anilines is 1. The number of ether oxygens (including phenoxy) is 1. The molecular weight excluding hydrogens is 372 g/mol. The molecule has 4 rings (SSSR count). The summed E-state index contributed by atoms with van der Waals surface area (Å²) in [4.78, 5) is 21.5. The van der Waals surface area contributed by atoms with Crippen molar-refractivity contribution in [3.8, 4) is 22.9 Å². The van der Waals surface area contributed by atoms with Gasteiger partial charge in [-0.25, -0.2) is 14.8 Å². The zero-order valence-corrected chi connectivity index (χ0v) is 15.8. The number of hydrogen-bond acceptors (Lipinski definition) is 6. The molecule has 0 unspecified atom stereocenters. The number of benzene rings is 1. The van der Waals surface area contributed by atoms with Crippen molar-refractivity contribution < 1.29 is 18.4 Å². The maximum Gasteiger partial charge on any atom is 0.319 e. The number of carbonyl (C=O) groups excluding carboxylic acids is 1. The lowest BCUT2D eigenvalue weighted by molar-refractivity contribution is 0.150. The fraction of sp³-hybridized carbons (Fsp3) is 0.190. The average molecular weight is 392 g/mol. The fourth-order valence-corrected chi connectivity index (χ4v) is 2.86. The summed E-state index contributed by atoms with van der Waals surface area (Å²) in [5.41, 5.74) is 3.06. The normalized spacial score (nSPS) is 10.9. The van der Waals surface area contributed by atoms with Crippen molar-refractivity contribution in [2.24, 2.45) is 0 Å². The molecule has 1 aromatic carbocycles. The van der Waals surface area contributed by atoms with Crippen LogP contribution in [-0.2, 0) is 4.74 Å². The summed E-state index contributed by atoms with van der Waals surface area (Å²) in [6.07, 6.45) is 3.17. The molecular formula is C21H20N4O4. The second kappa shape index (κ2) is 8.57. The number of urea groups is 1. The van der Waals surface area contributed by atoms with E-state index in [1.807, 2.05) is 19.1 Å². The molecule has 3 heterocycles. The van der Waals surface area contributed by atoms with Gasteiger partial charge in [-0.15, -0.1) is 0 Å². The number of fused-ring (bicyclic) bond motifs is 1. The van der Waals surface area contributed by atoms with Crippen LogP contribution >= 0.6 is 0 Å². The van der Waals surface area contributed by atoms with Gasteiger partial charge in [0.25, 0.3) is 0 Å². The van der Waals surface area contributed by atoms with Gasteiger partial charge in [0, 0.05) is 18.8 Å².